The molecule has 0 saturated carbocycles. The van der Waals surface area contributed by atoms with Crippen LogP contribution in [0.2, 0.25) is 0 Å². The lowest BCUT2D eigenvalue weighted by atomic mass is 9.99. The summed E-state index contributed by atoms with van der Waals surface area (Å²) in [5.74, 6) is -0.358. The van der Waals surface area contributed by atoms with Gasteiger partial charge in [0.1, 0.15) is 9.84 Å². The van der Waals surface area contributed by atoms with E-state index in [-0.39, 0.29) is 17.1 Å². The van der Waals surface area contributed by atoms with Gasteiger partial charge in [0.25, 0.3) is 0 Å². The van der Waals surface area contributed by atoms with Gasteiger partial charge in [-0.3, -0.25) is 9.59 Å². The molecule has 0 amide bonds. The number of carbonyl (C=O) groups excluding carboxylic acids is 2. The average Bonchev–Trinajstić information content (AvgIpc) is 3.51. The summed E-state index contributed by atoms with van der Waals surface area (Å²) in [6.07, 6.45) is 2.57. The highest BCUT2D eigenvalue weighted by atomic mass is 32.1. The molecule has 5 heteroatoms. The highest BCUT2D eigenvalue weighted by Gasteiger charge is 2.33. The lowest BCUT2D eigenvalue weighted by Crippen LogP contribution is -1.99. The van der Waals surface area contributed by atoms with Crippen LogP contribution in [0.5, 0.6) is 0 Å². The molecule has 1 aliphatic carbocycles. The molecule has 3 nitrogen and oxygen atoms in total. The van der Waals surface area contributed by atoms with Gasteiger partial charge in [-0.2, -0.15) is 0 Å². The number of carbonyl (C=O) groups is 2. The fourth-order valence-corrected chi connectivity index (χ4v) is 6.73. The average molecular weight is 492 g/mol. The van der Waals surface area contributed by atoms with Crippen LogP contribution in [0, 0.1) is 6.92 Å². The van der Waals surface area contributed by atoms with Crippen molar-refractivity contribution in [3.05, 3.63) is 106 Å². The van der Waals surface area contributed by atoms with Gasteiger partial charge in [0, 0.05) is 21.6 Å². The van der Waals surface area contributed by atoms with Crippen LogP contribution in [0.1, 0.15) is 43.6 Å². The molecule has 0 spiro atoms. The second-order valence-corrected chi connectivity index (χ2v) is 10.8. The summed E-state index contributed by atoms with van der Waals surface area (Å²) >= 11 is 3.14. The molecule has 35 heavy (non-hydrogen) atoms. The Morgan fingerprint density at radius 1 is 0.800 bits per heavy atom. The SMILES string of the molecule is CCc1cc2c(cc1C)C(=O)/C(=C\c1cc3sc(-c4ccc(-c5ccccc5)cc4)nc3s1)C2=O. The lowest BCUT2D eigenvalue weighted by Gasteiger charge is -2.04. The molecule has 0 aliphatic heterocycles. The van der Waals surface area contributed by atoms with Crippen LogP contribution < -0.4 is 0 Å². The van der Waals surface area contributed by atoms with Crippen LogP contribution in [-0.2, 0) is 6.42 Å². The third-order valence-corrected chi connectivity index (χ3v) is 8.63. The maximum Gasteiger partial charge on any atom is 0.197 e. The number of aromatic nitrogens is 1. The Labute approximate surface area is 211 Å². The first-order chi connectivity index (χ1) is 17.0. The van der Waals surface area contributed by atoms with E-state index >= 15 is 0 Å². The molecule has 0 atom stereocenters. The number of aryl methyl sites for hydroxylation is 2. The predicted molar refractivity (Wildman–Crippen MR) is 146 cm³/mol. The highest BCUT2D eigenvalue weighted by molar-refractivity contribution is 7.29. The summed E-state index contributed by atoms with van der Waals surface area (Å²) in [6.45, 7) is 4.05. The molecular formula is C30H21NO2S2. The van der Waals surface area contributed by atoms with Gasteiger partial charge in [0.15, 0.2) is 11.6 Å². The van der Waals surface area contributed by atoms with Crippen LogP contribution in [0.15, 0.2) is 78.4 Å². The summed E-state index contributed by atoms with van der Waals surface area (Å²) < 4.78 is 1.06. The Morgan fingerprint density at radius 2 is 1.46 bits per heavy atom. The Kier molecular flexibility index (Phi) is 5.32. The van der Waals surface area contributed by atoms with Crippen molar-refractivity contribution >= 4 is 49.8 Å². The standard InChI is InChI=1S/C30H21NO2S2/c1-3-18-14-24-23(13-17(18)2)27(32)25(28(24)33)15-22-16-26-30(34-22)31-29(35-26)21-11-9-20(10-12-21)19-7-5-4-6-8-19/h4-16H,3H2,1-2H3/b25-15+. The molecule has 0 bridgehead atoms. The summed E-state index contributed by atoms with van der Waals surface area (Å²) in [5.41, 5.74) is 6.91. The number of nitrogens with zero attached hydrogens (tertiary/aromatic N) is 1. The van der Waals surface area contributed by atoms with Crippen LogP contribution in [0.3, 0.4) is 0 Å². The van der Waals surface area contributed by atoms with E-state index < -0.39 is 0 Å². The first-order valence-corrected chi connectivity index (χ1v) is 13.2. The molecule has 6 rings (SSSR count). The minimum Gasteiger partial charge on any atom is -0.288 e. The first-order valence-electron chi connectivity index (χ1n) is 11.5. The van der Waals surface area contributed by atoms with E-state index in [2.05, 4.69) is 43.3 Å². The number of ketones is 2. The molecule has 2 aromatic heterocycles. The van der Waals surface area contributed by atoms with Crippen LogP contribution >= 0.6 is 22.7 Å². The van der Waals surface area contributed by atoms with Crippen molar-refractivity contribution < 1.29 is 9.59 Å². The van der Waals surface area contributed by atoms with Crippen molar-refractivity contribution in [2.75, 3.05) is 0 Å². The predicted octanol–water partition coefficient (Wildman–Crippen LogP) is 8.03. The molecule has 0 N–H and O–H groups in total. The van der Waals surface area contributed by atoms with Crippen LogP contribution in [0.4, 0.5) is 0 Å². The third kappa shape index (κ3) is 3.77. The summed E-state index contributed by atoms with van der Waals surface area (Å²) in [6, 6.07) is 24.5. The zero-order chi connectivity index (χ0) is 24.1. The van der Waals surface area contributed by atoms with Gasteiger partial charge in [-0.1, -0.05) is 61.5 Å². The summed E-state index contributed by atoms with van der Waals surface area (Å²) in [5, 5.41) is 0.966. The van der Waals surface area contributed by atoms with E-state index in [9.17, 15) is 9.59 Å². The molecule has 0 fully saturated rings. The Hall–Kier alpha value is -3.67. The zero-order valence-corrected chi connectivity index (χ0v) is 20.9. The monoisotopic (exact) mass is 491 g/mol. The number of thiazole rings is 1. The molecule has 0 radical (unpaired) electrons. The van der Waals surface area contributed by atoms with Crippen LogP contribution in [0.25, 0.3) is 37.3 Å². The van der Waals surface area contributed by atoms with Crippen molar-refractivity contribution in [3.63, 3.8) is 0 Å². The number of hydrogen-bond acceptors (Lipinski definition) is 5. The Balaban J connectivity index is 1.29. The van der Waals surface area contributed by atoms with E-state index in [0.29, 0.717) is 11.1 Å². The van der Waals surface area contributed by atoms with Gasteiger partial charge in [-0.15, -0.1) is 22.7 Å². The van der Waals surface area contributed by atoms with Crippen molar-refractivity contribution in [2.45, 2.75) is 20.3 Å². The third-order valence-electron chi connectivity index (χ3n) is 6.47. The highest BCUT2D eigenvalue weighted by Crippen LogP contribution is 2.38. The number of allylic oxidation sites excluding steroid dienone is 1. The van der Waals surface area contributed by atoms with Crippen LogP contribution in [-0.4, -0.2) is 16.6 Å². The normalized spacial score (nSPS) is 14.3. The second-order valence-electron chi connectivity index (χ2n) is 8.67. The van der Waals surface area contributed by atoms with E-state index in [4.69, 9.17) is 4.98 Å². The number of fused-ring (bicyclic) bond motifs is 2. The van der Waals surface area contributed by atoms with Gasteiger partial charge < -0.3 is 0 Å². The van der Waals surface area contributed by atoms with Crippen molar-refractivity contribution in [3.8, 4) is 21.7 Å². The molecule has 2 heterocycles. The fraction of sp³-hybridized carbons (Fsp3) is 0.100. The van der Waals surface area contributed by atoms with Crippen molar-refractivity contribution in [2.24, 2.45) is 0 Å². The molecule has 1 aliphatic rings. The fourth-order valence-electron chi connectivity index (χ4n) is 4.56. The Bertz CT molecular complexity index is 1620. The van der Waals surface area contributed by atoms with E-state index in [0.717, 1.165) is 42.5 Å². The van der Waals surface area contributed by atoms with E-state index in [1.54, 1.807) is 17.4 Å². The molecule has 5 aromatic rings. The zero-order valence-electron chi connectivity index (χ0n) is 19.3. The van der Waals surface area contributed by atoms with Gasteiger partial charge in [0.05, 0.1) is 10.3 Å². The lowest BCUT2D eigenvalue weighted by molar-refractivity contribution is 0.0990. The number of benzene rings is 3. The van der Waals surface area contributed by atoms with Gasteiger partial charge in [-0.05, 0) is 59.9 Å². The minimum atomic E-state index is -0.181. The van der Waals surface area contributed by atoms with Crippen molar-refractivity contribution in [1.29, 1.82) is 0 Å². The maximum absolute atomic E-state index is 13.0. The van der Waals surface area contributed by atoms with Gasteiger partial charge in [-0.25, -0.2) is 4.98 Å². The minimum absolute atomic E-state index is 0.177. The first kappa shape index (κ1) is 21.8. The largest absolute Gasteiger partial charge is 0.288 e. The van der Waals surface area contributed by atoms with E-state index in [1.807, 2.05) is 43.3 Å². The summed E-state index contributed by atoms with van der Waals surface area (Å²) in [7, 11) is 0. The van der Waals surface area contributed by atoms with Gasteiger partial charge in [0.2, 0.25) is 0 Å². The molecule has 0 saturated heterocycles. The maximum atomic E-state index is 13.0. The molecule has 170 valence electrons. The topological polar surface area (TPSA) is 47.0 Å². The number of hydrogen-bond donors (Lipinski definition) is 0. The summed E-state index contributed by atoms with van der Waals surface area (Å²) in [4.78, 5) is 32.6. The molecule has 3 aromatic carbocycles. The number of thiophene rings is 1. The molecular weight excluding hydrogens is 470 g/mol. The molecule has 0 unspecified atom stereocenters. The number of rotatable bonds is 4. The van der Waals surface area contributed by atoms with Gasteiger partial charge >= 0.3 is 0 Å². The smallest absolute Gasteiger partial charge is 0.197 e. The quantitative estimate of drug-likeness (QED) is 0.189. The van der Waals surface area contributed by atoms with Crippen molar-refractivity contribution in [1.82, 2.24) is 4.98 Å². The van der Waals surface area contributed by atoms with E-state index in [1.165, 1.54) is 22.5 Å². The number of Topliss-reactive ketones (excluding diaryl/α,β-unsaturated/α-hetero) is 2. The second kappa shape index (κ2) is 8.52. The Morgan fingerprint density at radius 3 is 2.14 bits per heavy atom.